The van der Waals surface area contributed by atoms with E-state index in [1.807, 2.05) is 0 Å². The van der Waals surface area contributed by atoms with Gasteiger partial charge in [0.15, 0.2) is 0 Å². The van der Waals surface area contributed by atoms with E-state index in [2.05, 4.69) is 0 Å². The molecule has 5 heteroatoms. The molecule has 0 fully saturated rings. The minimum atomic E-state index is -0.495. The van der Waals surface area contributed by atoms with Crippen molar-refractivity contribution in [3.05, 3.63) is 11.5 Å². The number of nitrogens with one attached hydrogen (secondary N) is 2. The van der Waals surface area contributed by atoms with Gasteiger partial charge in [-0.3, -0.25) is 0 Å². The molecule has 2 amide bonds. The Morgan fingerprint density at radius 1 is 1.00 bits per heavy atom. The second-order valence-electron chi connectivity index (χ2n) is 1.55. The van der Waals surface area contributed by atoms with E-state index in [1.54, 1.807) is 13.8 Å². The fraction of sp³-hybridized carbons (Fsp3) is 0.667. The van der Waals surface area contributed by atoms with Crippen LogP contribution in [0.25, 0.3) is 11.5 Å². The molecule has 0 heterocycles. The Bertz CT molecular complexity index is 103. The Morgan fingerprint density at radius 2 is 1.09 bits per heavy atom. The second kappa shape index (κ2) is 12.3. The molecule has 2 N–H and O–H groups in total. The SMILES string of the molecule is CCC([NH-])=O.CCC([NH-])=O.[Pt+2]. The summed E-state index contributed by atoms with van der Waals surface area (Å²) in [5.74, 6) is -0.991. The van der Waals surface area contributed by atoms with Crippen molar-refractivity contribution in [2.45, 2.75) is 26.7 Å². The smallest absolute Gasteiger partial charge is 0.668 e. The minimum Gasteiger partial charge on any atom is -0.668 e. The molecule has 0 unspecified atom stereocenters. The monoisotopic (exact) mass is 339 g/mol. The first-order valence-corrected chi connectivity index (χ1v) is 3.03. The van der Waals surface area contributed by atoms with Gasteiger partial charge in [-0.25, -0.2) is 0 Å². The van der Waals surface area contributed by atoms with Gasteiger partial charge in [0.05, 0.1) is 0 Å². The first-order chi connectivity index (χ1) is 4.54. The predicted molar refractivity (Wildman–Crippen MR) is 39.2 cm³/mol. The fourth-order valence-electron chi connectivity index (χ4n) is 0. The quantitative estimate of drug-likeness (QED) is 0.770. The van der Waals surface area contributed by atoms with Crippen molar-refractivity contribution in [1.29, 1.82) is 0 Å². The van der Waals surface area contributed by atoms with Crippen molar-refractivity contribution in [3.8, 4) is 0 Å². The topological polar surface area (TPSA) is 81.7 Å². The summed E-state index contributed by atoms with van der Waals surface area (Å²) in [5.41, 5.74) is 12.4. The Morgan fingerprint density at radius 3 is 1.09 bits per heavy atom. The average molecular weight is 339 g/mol. The fourth-order valence-corrected chi connectivity index (χ4v) is 0. The summed E-state index contributed by atoms with van der Waals surface area (Å²) >= 11 is 0. The molecule has 0 aliphatic heterocycles. The van der Waals surface area contributed by atoms with Crippen LogP contribution in [0, 0.1) is 0 Å². The number of amides is 2. The van der Waals surface area contributed by atoms with E-state index in [4.69, 9.17) is 11.5 Å². The molecule has 0 saturated heterocycles. The average Bonchev–Trinajstić information content (AvgIpc) is 1.89. The summed E-state index contributed by atoms with van der Waals surface area (Å²) in [6, 6.07) is 0. The third-order valence-electron chi connectivity index (χ3n) is 0.642. The van der Waals surface area contributed by atoms with E-state index in [9.17, 15) is 9.59 Å². The van der Waals surface area contributed by atoms with Crippen molar-refractivity contribution in [3.63, 3.8) is 0 Å². The molecule has 0 aromatic carbocycles. The van der Waals surface area contributed by atoms with Crippen LogP contribution in [0.3, 0.4) is 0 Å². The maximum atomic E-state index is 9.48. The molecule has 0 aromatic rings. The zero-order chi connectivity index (χ0) is 8.57. The zero-order valence-electron chi connectivity index (χ0n) is 6.55. The van der Waals surface area contributed by atoms with Crippen molar-refractivity contribution in [2.75, 3.05) is 0 Å². The summed E-state index contributed by atoms with van der Waals surface area (Å²) in [4.78, 5) is 19.0. The van der Waals surface area contributed by atoms with E-state index in [0.29, 0.717) is 12.8 Å². The Balaban J connectivity index is -0.000000107. The maximum Gasteiger partial charge on any atom is 2.00 e. The van der Waals surface area contributed by atoms with E-state index in [-0.39, 0.29) is 21.1 Å². The molecule has 0 saturated carbocycles. The van der Waals surface area contributed by atoms with Gasteiger partial charge in [0.2, 0.25) is 0 Å². The zero-order valence-corrected chi connectivity index (χ0v) is 8.82. The Hall–Kier alpha value is -0.372. The molecule has 0 bridgehead atoms. The summed E-state index contributed by atoms with van der Waals surface area (Å²) in [5, 5.41) is 0. The van der Waals surface area contributed by atoms with E-state index < -0.39 is 11.8 Å². The molecular weight excluding hydrogens is 327 g/mol. The molecule has 11 heavy (non-hydrogen) atoms. The summed E-state index contributed by atoms with van der Waals surface area (Å²) < 4.78 is 0. The first-order valence-electron chi connectivity index (χ1n) is 3.03. The molecule has 4 nitrogen and oxygen atoms in total. The largest absolute Gasteiger partial charge is 2.00 e. The molecule has 0 aromatic heterocycles. The number of rotatable bonds is 2. The van der Waals surface area contributed by atoms with Crippen molar-refractivity contribution >= 4 is 11.8 Å². The van der Waals surface area contributed by atoms with Crippen LogP contribution in [0.15, 0.2) is 0 Å². The van der Waals surface area contributed by atoms with E-state index in [1.165, 1.54) is 0 Å². The normalized spacial score (nSPS) is 6.73. The van der Waals surface area contributed by atoms with Crippen LogP contribution in [0.5, 0.6) is 0 Å². The number of hydrogen-bond acceptors (Lipinski definition) is 2. The van der Waals surface area contributed by atoms with Gasteiger partial charge >= 0.3 is 21.1 Å². The molecule has 0 spiro atoms. The van der Waals surface area contributed by atoms with Gasteiger partial charge in [0, 0.05) is 11.8 Å². The van der Waals surface area contributed by atoms with Crippen LogP contribution in [-0.2, 0) is 30.7 Å². The van der Waals surface area contributed by atoms with Crippen LogP contribution in [0.2, 0.25) is 0 Å². The number of hydrogen-bond donors (Lipinski definition) is 0. The second-order valence-corrected chi connectivity index (χ2v) is 1.55. The summed E-state index contributed by atoms with van der Waals surface area (Å²) in [6.07, 6.45) is 0.667. The van der Waals surface area contributed by atoms with Gasteiger partial charge in [0.1, 0.15) is 0 Å². The van der Waals surface area contributed by atoms with Crippen LogP contribution in [0.1, 0.15) is 26.7 Å². The van der Waals surface area contributed by atoms with E-state index in [0.717, 1.165) is 0 Å². The van der Waals surface area contributed by atoms with Gasteiger partial charge in [-0.05, 0) is 12.8 Å². The van der Waals surface area contributed by atoms with Gasteiger partial charge in [-0.15, -0.1) is 0 Å². The van der Waals surface area contributed by atoms with Gasteiger partial charge in [-0.1, -0.05) is 13.8 Å². The van der Waals surface area contributed by atoms with Crippen LogP contribution in [0.4, 0.5) is 0 Å². The predicted octanol–water partition coefficient (Wildman–Crippen LogP) is 1.95. The molecule has 0 radical (unpaired) electrons. The van der Waals surface area contributed by atoms with Gasteiger partial charge in [0.25, 0.3) is 0 Å². The van der Waals surface area contributed by atoms with E-state index >= 15 is 0 Å². The van der Waals surface area contributed by atoms with Crippen molar-refractivity contribution < 1.29 is 30.7 Å². The Kier molecular flexibility index (Phi) is 19.0. The molecule has 0 aliphatic carbocycles. The van der Waals surface area contributed by atoms with Crippen molar-refractivity contribution in [1.82, 2.24) is 0 Å². The third-order valence-corrected chi connectivity index (χ3v) is 0.642. The van der Waals surface area contributed by atoms with Crippen LogP contribution >= 0.6 is 0 Å². The minimum absolute atomic E-state index is 0. The molecule has 0 atom stereocenters. The summed E-state index contributed by atoms with van der Waals surface area (Å²) in [7, 11) is 0. The molecule has 68 valence electrons. The molecule has 0 aliphatic rings. The van der Waals surface area contributed by atoms with Crippen molar-refractivity contribution in [2.24, 2.45) is 0 Å². The standard InChI is InChI=1S/2C3H7NO.Pt/c2*1-2-3(4)5;/h2*2H2,1H3,(H2,4,5);/q;;+2/p-2. The molecular formula is C6H12N2O2Pt. The van der Waals surface area contributed by atoms with Gasteiger partial charge in [-0.2, -0.15) is 0 Å². The van der Waals surface area contributed by atoms with Crippen LogP contribution < -0.4 is 0 Å². The maximum absolute atomic E-state index is 9.48. The molecule has 0 rings (SSSR count). The number of carbonyl (C=O) groups is 2. The van der Waals surface area contributed by atoms with Gasteiger partial charge < -0.3 is 21.1 Å². The van der Waals surface area contributed by atoms with Crippen LogP contribution in [-0.4, -0.2) is 11.8 Å². The first kappa shape index (κ1) is 16.9. The number of carbonyl (C=O) groups excluding carboxylic acids is 2. The third kappa shape index (κ3) is 42.6. The Labute approximate surface area is 81.0 Å². The summed E-state index contributed by atoms with van der Waals surface area (Å²) in [6.45, 7) is 3.32.